The Bertz CT molecular complexity index is 743. The van der Waals surface area contributed by atoms with Gasteiger partial charge in [-0.3, -0.25) is 0 Å². The molecule has 0 radical (unpaired) electrons. The highest BCUT2D eigenvalue weighted by Crippen LogP contribution is 2.26. The maximum Gasteiger partial charge on any atom is 0.191 e. The summed E-state index contributed by atoms with van der Waals surface area (Å²) >= 11 is 6.76. The highest BCUT2D eigenvalue weighted by molar-refractivity contribution is 9.10. The Hall–Kier alpha value is -1.18. The summed E-state index contributed by atoms with van der Waals surface area (Å²) in [5.74, 6) is 0.484. The normalized spacial score (nSPS) is 11.0. The Morgan fingerprint density at radius 3 is 3.00 bits per heavy atom. The first-order chi connectivity index (χ1) is 10.7. The molecule has 0 N–H and O–H groups in total. The van der Waals surface area contributed by atoms with Crippen molar-refractivity contribution in [3.63, 3.8) is 0 Å². The number of benzene rings is 1. The summed E-state index contributed by atoms with van der Waals surface area (Å²) in [4.78, 5) is 1.35. The van der Waals surface area contributed by atoms with Crippen LogP contribution in [0.1, 0.15) is 10.4 Å². The Morgan fingerprint density at radius 2 is 2.23 bits per heavy atom. The minimum atomic E-state index is -0.236. The molecule has 114 valence electrons. The van der Waals surface area contributed by atoms with E-state index < -0.39 is 0 Å². The third-order valence-electron chi connectivity index (χ3n) is 3.13. The standard InChI is InChI=1S/C15H13BrFN3S2/c16-14-8-12(17)4-3-11(14)9-22-15-19-18-10-20(15)6-5-13-2-1-7-21-13/h1-4,7-8,10H,5-6,9H2. The number of aromatic nitrogens is 3. The van der Waals surface area contributed by atoms with E-state index in [0.29, 0.717) is 0 Å². The second kappa shape index (κ2) is 7.39. The largest absolute Gasteiger partial charge is 0.308 e. The van der Waals surface area contributed by atoms with Crippen LogP contribution in [0, 0.1) is 5.82 Å². The molecule has 0 aliphatic heterocycles. The molecule has 0 aliphatic rings. The van der Waals surface area contributed by atoms with Crippen molar-refractivity contribution in [3.05, 3.63) is 62.8 Å². The predicted molar refractivity (Wildman–Crippen MR) is 91.7 cm³/mol. The van der Waals surface area contributed by atoms with E-state index in [0.717, 1.165) is 33.9 Å². The molecule has 0 bridgehead atoms. The van der Waals surface area contributed by atoms with Crippen molar-refractivity contribution in [1.82, 2.24) is 14.8 Å². The molecule has 0 saturated heterocycles. The first-order valence-electron chi connectivity index (χ1n) is 6.69. The average molecular weight is 398 g/mol. The summed E-state index contributed by atoms with van der Waals surface area (Å²) in [6.45, 7) is 0.862. The SMILES string of the molecule is Fc1ccc(CSc2nncn2CCc2cccs2)c(Br)c1. The number of aryl methyl sites for hydroxylation is 2. The van der Waals surface area contributed by atoms with Gasteiger partial charge in [-0.25, -0.2) is 4.39 Å². The average Bonchev–Trinajstić information content (AvgIpc) is 3.15. The van der Waals surface area contributed by atoms with Crippen molar-refractivity contribution in [1.29, 1.82) is 0 Å². The van der Waals surface area contributed by atoms with Gasteiger partial charge < -0.3 is 4.57 Å². The van der Waals surface area contributed by atoms with Crippen LogP contribution >= 0.6 is 39.0 Å². The Kier molecular flexibility index (Phi) is 5.28. The van der Waals surface area contributed by atoms with E-state index in [1.165, 1.54) is 17.0 Å². The maximum atomic E-state index is 13.1. The van der Waals surface area contributed by atoms with Crippen LogP contribution < -0.4 is 0 Å². The zero-order valence-corrected chi connectivity index (χ0v) is 14.8. The molecule has 3 nitrogen and oxygen atoms in total. The van der Waals surface area contributed by atoms with Gasteiger partial charge >= 0.3 is 0 Å². The molecule has 0 atom stereocenters. The van der Waals surface area contributed by atoms with E-state index in [1.54, 1.807) is 35.5 Å². The topological polar surface area (TPSA) is 30.7 Å². The maximum absolute atomic E-state index is 13.1. The Labute approximate surface area is 144 Å². The number of nitrogens with zero attached hydrogens (tertiary/aromatic N) is 3. The molecule has 0 fully saturated rings. The molecule has 7 heteroatoms. The second-order valence-corrected chi connectivity index (χ2v) is 7.49. The number of thioether (sulfide) groups is 1. The molecule has 3 rings (SSSR count). The molecule has 0 unspecified atom stereocenters. The van der Waals surface area contributed by atoms with Gasteiger partial charge in [0.05, 0.1) is 0 Å². The van der Waals surface area contributed by atoms with Crippen LogP contribution in [0.25, 0.3) is 0 Å². The van der Waals surface area contributed by atoms with Crippen molar-refractivity contribution < 1.29 is 4.39 Å². The highest BCUT2D eigenvalue weighted by Gasteiger charge is 2.08. The quantitative estimate of drug-likeness (QED) is 0.560. The van der Waals surface area contributed by atoms with Crippen molar-refractivity contribution >= 4 is 39.0 Å². The summed E-state index contributed by atoms with van der Waals surface area (Å²) in [7, 11) is 0. The fraction of sp³-hybridized carbons (Fsp3) is 0.200. The van der Waals surface area contributed by atoms with Crippen LogP contribution in [0.4, 0.5) is 4.39 Å². The Morgan fingerprint density at radius 1 is 1.32 bits per heavy atom. The lowest BCUT2D eigenvalue weighted by molar-refractivity contribution is 0.626. The van der Waals surface area contributed by atoms with E-state index in [-0.39, 0.29) is 5.82 Å². The smallest absolute Gasteiger partial charge is 0.191 e. The highest BCUT2D eigenvalue weighted by atomic mass is 79.9. The first kappa shape index (κ1) is 15.7. The van der Waals surface area contributed by atoms with Gasteiger partial charge in [0.15, 0.2) is 5.16 Å². The van der Waals surface area contributed by atoms with E-state index >= 15 is 0 Å². The molecule has 3 aromatic rings. The number of hydrogen-bond acceptors (Lipinski definition) is 4. The van der Waals surface area contributed by atoms with Gasteiger partial charge in [-0.15, -0.1) is 21.5 Å². The molecule has 2 heterocycles. The van der Waals surface area contributed by atoms with Gasteiger partial charge in [-0.2, -0.15) is 0 Å². The zero-order valence-electron chi connectivity index (χ0n) is 11.6. The van der Waals surface area contributed by atoms with Crippen LogP contribution in [0.2, 0.25) is 0 Å². The molecule has 0 amide bonds. The molecule has 0 saturated carbocycles. The summed E-state index contributed by atoms with van der Waals surface area (Å²) in [5.41, 5.74) is 1.04. The van der Waals surface area contributed by atoms with Crippen LogP contribution in [0.15, 0.2) is 51.7 Å². The Balaban J connectivity index is 1.62. The lowest BCUT2D eigenvalue weighted by Crippen LogP contribution is -2.01. The van der Waals surface area contributed by atoms with Gasteiger partial charge in [0, 0.05) is 21.6 Å². The number of halogens is 2. The third-order valence-corrected chi connectivity index (χ3v) is 5.84. The summed E-state index contributed by atoms with van der Waals surface area (Å²) < 4.78 is 15.9. The van der Waals surface area contributed by atoms with Gasteiger partial charge in [0.1, 0.15) is 12.1 Å². The summed E-state index contributed by atoms with van der Waals surface area (Å²) in [5, 5.41) is 11.1. The van der Waals surface area contributed by atoms with Crippen LogP contribution in [-0.2, 0) is 18.7 Å². The molecule has 1 aromatic carbocycles. The van der Waals surface area contributed by atoms with Crippen molar-refractivity contribution in [3.8, 4) is 0 Å². The van der Waals surface area contributed by atoms with E-state index in [2.05, 4.69) is 48.2 Å². The molecule has 22 heavy (non-hydrogen) atoms. The minimum absolute atomic E-state index is 0.236. The van der Waals surface area contributed by atoms with E-state index in [9.17, 15) is 4.39 Å². The predicted octanol–water partition coefficient (Wildman–Crippen LogP) is 4.78. The van der Waals surface area contributed by atoms with Crippen LogP contribution in [0.5, 0.6) is 0 Å². The third kappa shape index (κ3) is 3.97. The van der Waals surface area contributed by atoms with E-state index in [4.69, 9.17) is 0 Å². The van der Waals surface area contributed by atoms with E-state index in [1.807, 2.05) is 0 Å². The minimum Gasteiger partial charge on any atom is -0.308 e. The van der Waals surface area contributed by atoms with Gasteiger partial charge in [-0.05, 0) is 35.6 Å². The zero-order chi connectivity index (χ0) is 15.4. The summed E-state index contributed by atoms with van der Waals surface area (Å²) in [6, 6.07) is 8.95. The molecule has 0 aliphatic carbocycles. The second-order valence-electron chi connectivity index (χ2n) is 4.66. The molecular weight excluding hydrogens is 385 g/mol. The summed E-state index contributed by atoms with van der Waals surface area (Å²) in [6.07, 6.45) is 2.74. The van der Waals surface area contributed by atoms with Crippen molar-refractivity contribution in [2.24, 2.45) is 0 Å². The molecule has 2 aromatic heterocycles. The first-order valence-corrected chi connectivity index (χ1v) is 9.35. The monoisotopic (exact) mass is 397 g/mol. The number of thiophene rings is 1. The molecule has 0 spiro atoms. The fourth-order valence-corrected chi connectivity index (χ4v) is 4.30. The number of hydrogen-bond donors (Lipinski definition) is 0. The van der Waals surface area contributed by atoms with Crippen LogP contribution in [-0.4, -0.2) is 14.8 Å². The molecular formula is C15H13BrFN3S2. The van der Waals surface area contributed by atoms with Crippen molar-refractivity contribution in [2.75, 3.05) is 0 Å². The number of rotatable bonds is 6. The van der Waals surface area contributed by atoms with Gasteiger partial charge in [0.25, 0.3) is 0 Å². The fourth-order valence-electron chi connectivity index (χ4n) is 1.98. The van der Waals surface area contributed by atoms with Crippen molar-refractivity contribution in [2.45, 2.75) is 23.9 Å². The van der Waals surface area contributed by atoms with Gasteiger partial charge in [0.2, 0.25) is 0 Å². The lowest BCUT2D eigenvalue weighted by Gasteiger charge is -2.07. The van der Waals surface area contributed by atoms with Crippen LogP contribution in [0.3, 0.4) is 0 Å². The van der Waals surface area contributed by atoms with Gasteiger partial charge in [-0.1, -0.05) is 39.8 Å². The lowest BCUT2D eigenvalue weighted by atomic mass is 10.2.